The first-order chi connectivity index (χ1) is 9.65. The number of hydrogen-bond donors (Lipinski definition) is 2. The lowest BCUT2D eigenvalue weighted by Gasteiger charge is -2.28. The molecule has 1 aliphatic rings. The van der Waals surface area contributed by atoms with Crippen molar-refractivity contribution in [2.75, 3.05) is 13.7 Å². The summed E-state index contributed by atoms with van der Waals surface area (Å²) in [4.78, 5) is 0. The van der Waals surface area contributed by atoms with E-state index in [2.05, 4.69) is 31.4 Å². The SMILES string of the molecule is COc1cc(C)cc(C)c1C(CC1CCCCO1)NN. The zero-order valence-electron chi connectivity index (χ0n) is 12.7. The van der Waals surface area contributed by atoms with Crippen LogP contribution < -0.4 is 16.0 Å². The van der Waals surface area contributed by atoms with Crippen LogP contribution in [0.5, 0.6) is 5.75 Å². The molecular weight excluding hydrogens is 252 g/mol. The molecule has 2 unspecified atom stereocenters. The molecule has 1 aliphatic heterocycles. The number of hydrazine groups is 1. The Morgan fingerprint density at radius 3 is 2.80 bits per heavy atom. The van der Waals surface area contributed by atoms with Crippen molar-refractivity contribution in [3.63, 3.8) is 0 Å². The van der Waals surface area contributed by atoms with Gasteiger partial charge in [0.05, 0.1) is 19.3 Å². The molecule has 0 amide bonds. The van der Waals surface area contributed by atoms with E-state index in [-0.39, 0.29) is 12.1 Å². The molecule has 0 saturated carbocycles. The van der Waals surface area contributed by atoms with E-state index < -0.39 is 0 Å². The maximum atomic E-state index is 5.83. The molecule has 1 aromatic rings. The molecule has 1 fully saturated rings. The lowest BCUT2D eigenvalue weighted by molar-refractivity contribution is 0.00487. The van der Waals surface area contributed by atoms with Crippen LogP contribution in [0, 0.1) is 13.8 Å². The Labute approximate surface area is 121 Å². The molecule has 4 nitrogen and oxygen atoms in total. The van der Waals surface area contributed by atoms with E-state index >= 15 is 0 Å². The second-order valence-corrected chi connectivity index (χ2v) is 5.64. The van der Waals surface area contributed by atoms with E-state index in [4.69, 9.17) is 15.3 Å². The zero-order valence-corrected chi connectivity index (χ0v) is 12.7. The van der Waals surface area contributed by atoms with Gasteiger partial charge in [0.1, 0.15) is 5.75 Å². The minimum absolute atomic E-state index is 0.0636. The molecule has 1 heterocycles. The Morgan fingerprint density at radius 1 is 1.40 bits per heavy atom. The van der Waals surface area contributed by atoms with Crippen molar-refractivity contribution in [1.82, 2.24) is 5.43 Å². The van der Waals surface area contributed by atoms with Crippen molar-refractivity contribution in [2.24, 2.45) is 5.84 Å². The second kappa shape index (κ2) is 7.07. The average Bonchev–Trinajstić information content (AvgIpc) is 2.45. The van der Waals surface area contributed by atoms with Crippen molar-refractivity contribution in [1.29, 1.82) is 0 Å². The fourth-order valence-corrected chi connectivity index (χ4v) is 3.08. The van der Waals surface area contributed by atoms with E-state index in [0.717, 1.165) is 30.8 Å². The van der Waals surface area contributed by atoms with Crippen LogP contribution in [0.3, 0.4) is 0 Å². The molecule has 2 atom stereocenters. The Kier molecular flexibility index (Phi) is 5.40. The Balaban J connectivity index is 2.21. The molecule has 3 N–H and O–H groups in total. The number of methoxy groups -OCH3 is 1. The first kappa shape index (κ1) is 15.3. The molecule has 2 rings (SSSR count). The second-order valence-electron chi connectivity index (χ2n) is 5.64. The van der Waals surface area contributed by atoms with Crippen molar-refractivity contribution in [3.05, 3.63) is 28.8 Å². The van der Waals surface area contributed by atoms with Gasteiger partial charge in [0, 0.05) is 12.2 Å². The molecule has 1 saturated heterocycles. The van der Waals surface area contributed by atoms with Crippen LogP contribution in [0.15, 0.2) is 12.1 Å². The highest BCUT2D eigenvalue weighted by Gasteiger charge is 2.23. The first-order valence-electron chi connectivity index (χ1n) is 7.38. The predicted octanol–water partition coefficient (Wildman–Crippen LogP) is 2.78. The van der Waals surface area contributed by atoms with Crippen LogP contribution >= 0.6 is 0 Å². The van der Waals surface area contributed by atoms with E-state index in [1.807, 2.05) is 0 Å². The van der Waals surface area contributed by atoms with E-state index in [0.29, 0.717) is 0 Å². The Morgan fingerprint density at radius 2 is 2.20 bits per heavy atom. The van der Waals surface area contributed by atoms with Crippen LogP contribution in [-0.4, -0.2) is 19.8 Å². The third kappa shape index (κ3) is 3.51. The number of rotatable bonds is 5. The van der Waals surface area contributed by atoms with Crippen LogP contribution in [-0.2, 0) is 4.74 Å². The van der Waals surface area contributed by atoms with Gasteiger partial charge in [-0.3, -0.25) is 11.3 Å². The molecule has 0 radical (unpaired) electrons. The summed E-state index contributed by atoms with van der Waals surface area (Å²) in [6.45, 7) is 5.05. The minimum Gasteiger partial charge on any atom is -0.496 e. The number of hydrogen-bond acceptors (Lipinski definition) is 4. The zero-order chi connectivity index (χ0) is 14.5. The van der Waals surface area contributed by atoms with Crippen molar-refractivity contribution in [2.45, 2.75) is 51.7 Å². The summed E-state index contributed by atoms with van der Waals surface area (Å²) in [5.74, 6) is 6.70. The molecule has 4 heteroatoms. The fourth-order valence-electron chi connectivity index (χ4n) is 3.08. The van der Waals surface area contributed by atoms with Gasteiger partial charge in [0.15, 0.2) is 0 Å². The summed E-state index contributed by atoms with van der Waals surface area (Å²) < 4.78 is 11.4. The largest absolute Gasteiger partial charge is 0.496 e. The topological polar surface area (TPSA) is 56.5 Å². The minimum atomic E-state index is 0.0636. The van der Waals surface area contributed by atoms with Gasteiger partial charge in [-0.2, -0.15) is 0 Å². The Bertz CT molecular complexity index is 442. The molecule has 0 aliphatic carbocycles. The molecule has 0 aromatic heterocycles. The van der Waals surface area contributed by atoms with Gasteiger partial charge < -0.3 is 9.47 Å². The van der Waals surface area contributed by atoms with Crippen molar-refractivity contribution >= 4 is 0 Å². The van der Waals surface area contributed by atoms with Gasteiger partial charge in [-0.15, -0.1) is 0 Å². The van der Waals surface area contributed by atoms with Crippen LogP contribution in [0.1, 0.15) is 48.4 Å². The monoisotopic (exact) mass is 278 g/mol. The van der Waals surface area contributed by atoms with E-state index in [1.165, 1.54) is 24.0 Å². The molecular formula is C16H26N2O2. The van der Waals surface area contributed by atoms with E-state index in [9.17, 15) is 0 Å². The highest BCUT2D eigenvalue weighted by molar-refractivity contribution is 5.45. The van der Waals surface area contributed by atoms with Gasteiger partial charge >= 0.3 is 0 Å². The standard InChI is InChI=1S/C16H26N2O2/c1-11-8-12(2)16(15(9-11)19-3)14(18-17)10-13-6-4-5-7-20-13/h8-9,13-14,18H,4-7,10,17H2,1-3H3. The molecule has 1 aromatic carbocycles. The number of ether oxygens (including phenoxy) is 2. The molecule has 112 valence electrons. The smallest absolute Gasteiger partial charge is 0.124 e. The lowest BCUT2D eigenvalue weighted by Crippen LogP contribution is -2.33. The van der Waals surface area contributed by atoms with Gasteiger partial charge in [-0.05, 0) is 56.7 Å². The third-order valence-electron chi connectivity index (χ3n) is 4.04. The molecule has 0 spiro atoms. The number of nitrogens with one attached hydrogen (secondary N) is 1. The van der Waals surface area contributed by atoms with Crippen molar-refractivity contribution in [3.8, 4) is 5.75 Å². The first-order valence-corrected chi connectivity index (χ1v) is 7.38. The van der Waals surface area contributed by atoms with E-state index in [1.54, 1.807) is 7.11 Å². The quantitative estimate of drug-likeness (QED) is 0.642. The summed E-state index contributed by atoms with van der Waals surface area (Å²) in [5, 5.41) is 0. The average molecular weight is 278 g/mol. The van der Waals surface area contributed by atoms with Gasteiger partial charge in [-0.1, -0.05) is 6.07 Å². The Hall–Kier alpha value is -1.10. The summed E-state index contributed by atoms with van der Waals surface area (Å²) in [7, 11) is 1.71. The lowest BCUT2D eigenvalue weighted by atomic mass is 9.92. The number of aryl methyl sites for hydroxylation is 2. The van der Waals surface area contributed by atoms with Gasteiger partial charge in [0.25, 0.3) is 0 Å². The summed E-state index contributed by atoms with van der Waals surface area (Å²) in [6, 6.07) is 4.30. The summed E-state index contributed by atoms with van der Waals surface area (Å²) in [6.07, 6.45) is 4.70. The molecule has 0 bridgehead atoms. The maximum absolute atomic E-state index is 5.83. The van der Waals surface area contributed by atoms with Crippen molar-refractivity contribution < 1.29 is 9.47 Å². The number of nitrogens with two attached hydrogens (primary N) is 1. The predicted molar refractivity (Wildman–Crippen MR) is 80.7 cm³/mol. The van der Waals surface area contributed by atoms with Crippen LogP contribution in [0.2, 0.25) is 0 Å². The summed E-state index contributed by atoms with van der Waals surface area (Å²) >= 11 is 0. The van der Waals surface area contributed by atoms with Gasteiger partial charge in [0.2, 0.25) is 0 Å². The highest BCUT2D eigenvalue weighted by Crippen LogP contribution is 2.33. The summed E-state index contributed by atoms with van der Waals surface area (Å²) in [5.41, 5.74) is 6.50. The van der Waals surface area contributed by atoms with Gasteiger partial charge in [-0.25, -0.2) is 0 Å². The number of benzene rings is 1. The normalized spacial score (nSPS) is 20.7. The maximum Gasteiger partial charge on any atom is 0.124 e. The molecule has 20 heavy (non-hydrogen) atoms. The van der Waals surface area contributed by atoms with Crippen LogP contribution in [0.4, 0.5) is 0 Å². The van der Waals surface area contributed by atoms with Crippen LogP contribution in [0.25, 0.3) is 0 Å². The highest BCUT2D eigenvalue weighted by atomic mass is 16.5. The third-order valence-corrected chi connectivity index (χ3v) is 4.04. The fraction of sp³-hybridized carbons (Fsp3) is 0.625.